The van der Waals surface area contributed by atoms with Crippen LogP contribution in [0.25, 0.3) is 0 Å². The van der Waals surface area contributed by atoms with Crippen molar-refractivity contribution in [2.45, 2.75) is 18.9 Å². The molecule has 1 aliphatic carbocycles. The van der Waals surface area contributed by atoms with Gasteiger partial charge in [-0.15, -0.1) is 0 Å². The molecule has 13 heteroatoms. The van der Waals surface area contributed by atoms with Crippen molar-refractivity contribution in [2.75, 3.05) is 26.3 Å². The van der Waals surface area contributed by atoms with Gasteiger partial charge in [-0.3, -0.25) is 14.6 Å². The zero-order valence-electron chi connectivity index (χ0n) is 16.5. The fraction of sp³-hybridized carbons (Fsp3) is 0.474. The summed E-state index contributed by atoms with van der Waals surface area (Å²) in [6, 6.07) is 1.45. The van der Waals surface area contributed by atoms with Gasteiger partial charge in [-0.1, -0.05) is 11.6 Å². The number of amides is 2. The molecule has 1 aromatic heterocycles. The first-order chi connectivity index (χ1) is 15.1. The number of fused-ring (bicyclic) bond motifs is 1. The van der Waals surface area contributed by atoms with Crippen LogP contribution in [-0.2, 0) is 11.3 Å². The highest BCUT2D eigenvalue weighted by Gasteiger charge is 2.48. The molecule has 0 aromatic carbocycles. The van der Waals surface area contributed by atoms with Crippen LogP contribution in [0.5, 0.6) is 0 Å². The Morgan fingerprint density at radius 3 is 2.84 bits per heavy atom. The maximum absolute atomic E-state index is 13.1. The molecule has 1 aliphatic heterocycles. The summed E-state index contributed by atoms with van der Waals surface area (Å²) in [7, 11) is 0. The van der Waals surface area contributed by atoms with Crippen LogP contribution in [0.1, 0.15) is 26.4 Å². The van der Waals surface area contributed by atoms with Crippen molar-refractivity contribution in [3.8, 4) is 0 Å². The maximum atomic E-state index is 13.1. The third-order valence-corrected chi connectivity index (χ3v) is 5.48. The Morgan fingerprint density at radius 2 is 2.22 bits per heavy atom. The lowest BCUT2D eigenvalue weighted by molar-refractivity contribution is -0.157. The summed E-state index contributed by atoms with van der Waals surface area (Å²) in [4.78, 5) is 30.4. The molecule has 2 heterocycles. The third kappa shape index (κ3) is 4.70. The fourth-order valence-corrected chi connectivity index (χ4v) is 3.74. The smallest absolute Gasteiger partial charge is 0.340 e. The Hall–Kier alpha value is -2.73. The molecule has 8 nitrogen and oxygen atoms in total. The van der Waals surface area contributed by atoms with E-state index in [-0.39, 0.29) is 48.3 Å². The van der Waals surface area contributed by atoms with E-state index in [4.69, 9.17) is 26.9 Å². The van der Waals surface area contributed by atoms with Crippen molar-refractivity contribution >= 4 is 29.6 Å². The second-order valence-corrected chi connectivity index (χ2v) is 7.63. The van der Waals surface area contributed by atoms with Crippen molar-refractivity contribution in [1.82, 2.24) is 15.2 Å². The molecule has 0 saturated heterocycles. The highest BCUT2D eigenvalue weighted by Crippen LogP contribution is 2.49. The number of hydrogen-bond acceptors (Lipinski definition) is 6. The summed E-state index contributed by atoms with van der Waals surface area (Å²) in [6.45, 7) is -1.85. The molecule has 0 radical (unpaired) electrons. The van der Waals surface area contributed by atoms with Gasteiger partial charge in [0.1, 0.15) is 11.5 Å². The number of hydrogen-bond donors (Lipinski definition) is 3. The van der Waals surface area contributed by atoms with Gasteiger partial charge in [0, 0.05) is 49.1 Å². The Labute approximate surface area is 184 Å². The number of carbonyl (C=O) groups excluding carboxylic acids is 2. The molecule has 32 heavy (non-hydrogen) atoms. The van der Waals surface area contributed by atoms with Crippen LogP contribution in [0.15, 0.2) is 23.1 Å². The largest absolute Gasteiger partial charge is 0.489 e. The average Bonchev–Trinajstić information content (AvgIpc) is 3.29. The van der Waals surface area contributed by atoms with Gasteiger partial charge in [0.05, 0.1) is 17.6 Å². The van der Waals surface area contributed by atoms with E-state index in [9.17, 15) is 27.2 Å². The predicted octanol–water partition coefficient (Wildman–Crippen LogP) is 2.02. The molecule has 1 unspecified atom stereocenters. The number of aromatic nitrogens is 1. The number of ether oxygens (including phenoxy) is 1. The van der Waals surface area contributed by atoms with Gasteiger partial charge in [-0.25, -0.2) is 8.78 Å². The lowest BCUT2D eigenvalue weighted by Gasteiger charge is -2.21. The van der Waals surface area contributed by atoms with Crippen LogP contribution in [0, 0.1) is 17.2 Å². The van der Waals surface area contributed by atoms with Crippen LogP contribution in [0.4, 0.5) is 17.6 Å². The monoisotopic (exact) mass is 478 g/mol. The molecule has 2 aliphatic rings. The predicted molar refractivity (Wildman–Crippen MR) is 104 cm³/mol. The number of aliphatic hydroxyl groups is 1. The molecule has 0 saturated carbocycles. The second-order valence-electron chi connectivity index (χ2n) is 7.22. The first kappa shape index (κ1) is 23.9. The minimum atomic E-state index is -4.34. The maximum Gasteiger partial charge on any atom is 0.340 e. The first-order valence-electron chi connectivity index (χ1n) is 9.47. The lowest BCUT2D eigenvalue weighted by atomic mass is 10.0. The number of allylic oxidation sites excluding steroid dienone is 2. The highest BCUT2D eigenvalue weighted by molar-refractivity contribution is 6.33. The van der Waals surface area contributed by atoms with E-state index in [1.165, 1.54) is 17.2 Å². The van der Waals surface area contributed by atoms with Crippen molar-refractivity contribution in [3.63, 3.8) is 0 Å². The molecule has 3 rings (SSSR count). The van der Waals surface area contributed by atoms with Crippen molar-refractivity contribution in [1.29, 1.82) is 5.41 Å². The van der Waals surface area contributed by atoms with E-state index in [0.717, 1.165) is 6.21 Å². The number of carbonyl (C=O) groups is 2. The Balaban J connectivity index is 1.66. The van der Waals surface area contributed by atoms with Gasteiger partial charge in [0.15, 0.2) is 6.61 Å². The standard InChI is InChI=1S/C19H19ClF4N4O4/c20-13-12(15(13)32-8-19(23,24)18(21)22)9(5-25)6-28-7-11-10(17(28)31)1-2-26-14(11)16(30)27-3-4-29/h1-2,5,9,12,18,25,29H,3-4,6-8H2,(H,27,30)/t9?,12-/m1/s1. The SMILES string of the molecule is N=CC(CN1Cc2c(ccnc2C(=O)NCCO)C1=O)[C@@H]1C(Cl)=C1OCC(F)(F)C(F)F. The molecule has 2 amide bonds. The molecule has 0 bridgehead atoms. The third-order valence-electron chi connectivity index (χ3n) is 5.06. The number of alkyl halides is 4. The number of nitrogens with one attached hydrogen (secondary N) is 2. The van der Waals surface area contributed by atoms with Gasteiger partial charge in [0.25, 0.3) is 11.8 Å². The summed E-state index contributed by atoms with van der Waals surface area (Å²) in [6.07, 6.45) is -1.62. The van der Waals surface area contributed by atoms with E-state index >= 15 is 0 Å². The van der Waals surface area contributed by atoms with Gasteiger partial charge in [-0.2, -0.15) is 8.78 Å². The molecule has 1 aromatic rings. The number of halogens is 5. The van der Waals surface area contributed by atoms with Crippen LogP contribution in [0.2, 0.25) is 0 Å². The first-order valence-corrected chi connectivity index (χ1v) is 9.85. The van der Waals surface area contributed by atoms with Crippen LogP contribution in [-0.4, -0.2) is 71.7 Å². The lowest BCUT2D eigenvalue weighted by Crippen LogP contribution is -2.33. The Morgan fingerprint density at radius 1 is 1.50 bits per heavy atom. The van der Waals surface area contributed by atoms with Gasteiger partial charge in [0.2, 0.25) is 0 Å². The van der Waals surface area contributed by atoms with Gasteiger partial charge >= 0.3 is 12.3 Å². The van der Waals surface area contributed by atoms with Crippen molar-refractivity contribution in [3.05, 3.63) is 39.9 Å². The normalized spacial score (nSPS) is 18.7. The topological polar surface area (TPSA) is 116 Å². The zero-order chi connectivity index (χ0) is 23.6. The molecule has 3 N–H and O–H groups in total. The summed E-state index contributed by atoms with van der Waals surface area (Å²) < 4.78 is 55.5. The second kappa shape index (κ2) is 9.41. The Bertz CT molecular complexity index is 959. The molecule has 0 spiro atoms. The van der Waals surface area contributed by atoms with E-state index < -0.39 is 42.6 Å². The van der Waals surface area contributed by atoms with Crippen molar-refractivity contribution < 1.29 is 37.0 Å². The molecule has 0 fully saturated rings. The Kier molecular flexibility index (Phi) is 7.03. The van der Waals surface area contributed by atoms with Crippen molar-refractivity contribution in [2.24, 2.45) is 11.8 Å². The van der Waals surface area contributed by atoms with E-state index in [0.29, 0.717) is 5.56 Å². The average molecular weight is 479 g/mol. The molecule has 174 valence electrons. The van der Waals surface area contributed by atoms with Gasteiger partial charge in [-0.05, 0) is 6.07 Å². The van der Waals surface area contributed by atoms with Gasteiger partial charge < -0.3 is 25.5 Å². The number of nitrogens with zero attached hydrogens (tertiary/aromatic N) is 2. The number of pyridine rings is 1. The molecular formula is C19H19ClF4N4O4. The van der Waals surface area contributed by atoms with Crippen LogP contribution in [0.3, 0.4) is 0 Å². The quantitative estimate of drug-likeness (QED) is 0.332. The summed E-state index contributed by atoms with van der Waals surface area (Å²) in [5, 5.41) is 19.0. The van der Waals surface area contributed by atoms with Crippen LogP contribution >= 0.6 is 11.6 Å². The summed E-state index contributed by atoms with van der Waals surface area (Å²) >= 11 is 5.96. The fourth-order valence-electron chi connectivity index (χ4n) is 3.36. The molecular weight excluding hydrogens is 460 g/mol. The zero-order valence-corrected chi connectivity index (χ0v) is 17.2. The summed E-state index contributed by atoms with van der Waals surface area (Å²) in [5.74, 6) is -6.95. The number of rotatable bonds is 11. The minimum absolute atomic E-state index is 0.0109. The van der Waals surface area contributed by atoms with E-state index in [1.54, 1.807) is 0 Å². The summed E-state index contributed by atoms with van der Waals surface area (Å²) in [5.41, 5.74) is 0.652. The highest BCUT2D eigenvalue weighted by atomic mass is 35.5. The minimum Gasteiger partial charge on any atom is -0.489 e. The van der Waals surface area contributed by atoms with E-state index in [2.05, 4.69) is 10.3 Å². The number of aliphatic hydroxyl groups excluding tert-OH is 1. The van der Waals surface area contributed by atoms with E-state index in [1.807, 2.05) is 0 Å². The molecule has 2 atom stereocenters. The van der Waals surface area contributed by atoms with Crippen LogP contribution < -0.4 is 5.32 Å².